The minimum Gasteiger partial charge on any atom is -0.465 e. The van der Waals surface area contributed by atoms with Crippen LogP contribution in [-0.2, 0) is 9.47 Å². The standard InChI is InChI=1S/C34H37ClN4O3.C20H28ClN.C15H11FN2O3/c1-34(2)12-10-25(30(20-34)23-4-6-26(35)7-5-23)22-38-14-16-39(17-15-38)27-8-9-29(33(40)41-3)31(19-27)42-28-18-24-11-13-36-32(24)37-21-28;1-20(2)11-10-17(15-22-12-4-3-5-13-22)19(14-20)16-6-8-18(21)9-7-16;1-20-15(19)12-3-2-10(16)7-13(12)21-11-6-9-4-5-17-14(9)18-8-11/h4-9,11,13,18-19,21H,10,12,14-17,20,22H2,1-3H3,(H,36,37);6-9H,3-5,10-15H2,1-2H3;2-8H,1H3,(H,17,18). The average Bonchev–Trinajstić information content (AvgIpc) is 4.16. The van der Waals surface area contributed by atoms with E-state index in [4.69, 9.17) is 37.4 Å². The molecule has 0 amide bonds. The molecule has 2 saturated heterocycles. The predicted molar refractivity (Wildman–Crippen MR) is 339 cm³/mol. The summed E-state index contributed by atoms with van der Waals surface area (Å²) in [6, 6.07) is 33.6. The maximum Gasteiger partial charge on any atom is 0.341 e. The Morgan fingerprint density at radius 2 is 1.02 bits per heavy atom. The number of likely N-dealkylation sites (tertiary alicyclic amines) is 1. The molecule has 0 saturated carbocycles. The van der Waals surface area contributed by atoms with Gasteiger partial charge in [-0.15, -0.1) is 0 Å². The zero-order chi connectivity index (χ0) is 59.7. The van der Waals surface area contributed by atoms with E-state index < -0.39 is 17.8 Å². The molecule has 0 atom stereocenters. The van der Waals surface area contributed by atoms with E-state index in [1.807, 2.05) is 60.8 Å². The number of aromatic nitrogens is 4. The van der Waals surface area contributed by atoms with Gasteiger partial charge in [0.05, 0.1) is 26.6 Å². The number of aromatic amines is 2. The number of H-pyrrole nitrogens is 2. The highest BCUT2D eigenvalue weighted by Crippen LogP contribution is 2.45. The second-order valence-corrected chi connectivity index (χ2v) is 25.0. The van der Waals surface area contributed by atoms with Gasteiger partial charge in [-0.2, -0.15) is 0 Å². The molecule has 2 fully saturated rings. The van der Waals surface area contributed by atoms with Gasteiger partial charge in [0.1, 0.15) is 51.2 Å². The van der Waals surface area contributed by atoms with Crippen molar-refractivity contribution >= 4 is 74.0 Å². The fourth-order valence-electron chi connectivity index (χ4n) is 11.9. The molecule has 13 nitrogen and oxygen atoms in total. The lowest BCUT2D eigenvalue weighted by Gasteiger charge is -2.39. The van der Waals surface area contributed by atoms with Gasteiger partial charge in [0.2, 0.25) is 0 Å². The molecule has 2 N–H and O–H groups in total. The summed E-state index contributed by atoms with van der Waals surface area (Å²) in [6.45, 7) is 18.0. The van der Waals surface area contributed by atoms with Crippen LogP contribution in [0.5, 0.6) is 23.0 Å². The second kappa shape index (κ2) is 27.3. The third-order valence-electron chi connectivity index (χ3n) is 16.7. The first-order valence-corrected chi connectivity index (χ1v) is 30.2. The van der Waals surface area contributed by atoms with E-state index in [0.717, 1.165) is 89.4 Å². The maximum absolute atomic E-state index is 13.4. The number of nitrogens with one attached hydrogen (secondary N) is 2. The van der Waals surface area contributed by atoms with Crippen LogP contribution >= 0.6 is 23.2 Å². The lowest BCUT2D eigenvalue weighted by molar-refractivity contribution is 0.0588. The highest BCUT2D eigenvalue weighted by molar-refractivity contribution is 6.30. The maximum atomic E-state index is 13.4. The number of fused-ring (bicyclic) bond motifs is 2. The van der Waals surface area contributed by atoms with Gasteiger partial charge < -0.3 is 33.8 Å². The Balaban J connectivity index is 0.000000157. The molecule has 85 heavy (non-hydrogen) atoms. The number of hydrogen-bond donors (Lipinski definition) is 2. The number of hydrogen-bond acceptors (Lipinski definition) is 11. The van der Waals surface area contributed by atoms with Gasteiger partial charge in [-0.05, 0) is 170 Å². The van der Waals surface area contributed by atoms with Crippen LogP contribution in [0, 0.1) is 16.6 Å². The molecule has 16 heteroatoms. The van der Waals surface area contributed by atoms with Gasteiger partial charge in [-0.3, -0.25) is 9.80 Å². The van der Waals surface area contributed by atoms with E-state index in [1.165, 1.54) is 114 Å². The average molecular weight is 1190 g/mol. The topological polar surface area (TPSA) is 138 Å². The zero-order valence-corrected chi connectivity index (χ0v) is 51.1. The number of ether oxygens (including phenoxy) is 4. The van der Waals surface area contributed by atoms with Crippen molar-refractivity contribution in [3.63, 3.8) is 0 Å². The number of carbonyl (C=O) groups excluding carboxylic acids is 2. The monoisotopic (exact) mass is 1190 g/mol. The smallest absolute Gasteiger partial charge is 0.341 e. The number of anilines is 1. The number of carbonyl (C=O) groups is 2. The lowest BCUT2D eigenvalue weighted by Crippen LogP contribution is -2.47. The summed E-state index contributed by atoms with van der Waals surface area (Å²) in [7, 11) is 2.64. The minimum absolute atomic E-state index is 0.0820. The number of piperidine rings is 1. The van der Waals surface area contributed by atoms with Gasteiger partial charge in [0.15, 0.2) is 0 Å². The van der Waals surface area contributed by atoms with Crippen LogP contribution < -0.4 is 14.4 Å². The van der Waals surface area contributed by atoms with Crippen molar-refractivity contribution in [3.05, 3.63) is 183 Å². The molecule has 4 aromatic heterocycles. The quantitative estimate of drug-likeness (QED) is 0.107. The van der Waals surface area contributed by atoms with Crippen LogP contribution in [0.1, 0.15) is 117 Å². The fourth-order valence-corrected chi connectivity index (χ4v) is 12.1. The van der Waals surface area contributed by atoms with Crippen LogP contribution in [0.3, 0.4) is 0 Å². The fraction of sp³-hybridized carbons (Fsp3) is 0.362. The highest BCUT2D eigenvalue weighted by atomic mass is 35.5. The van der Waals surface area contributed by atoms with Crippen molar-refractivity contribution < 1.29 is 32.9 Å². The number of benzene rings is 4. The summed E-state index contributed by atoms with van der Waals surface area (Å²) in [5, 5.41) is 3.40. The van der Waals surface area contributed by atoms with E-state index in [9.17, 15) is 14.0 Å². The Morgan fingerprint density at radius 3 is 1.51 bits per heavy atom. The summed E-state index contributed by atoms with van der Waals surface area (Å²) >= 11 is 12.3. The normalized spacial score (nSPS) is 17.2. The Bertz CT molecular complexity index is 3690. The number of nitrogens with zero attached hydrogens (tertiary/aromatic N) is 5. The molecular weight excluding hydrogens is 1110 g/mol. The van der Waals surface area contributed by atoms with Crippen LogP contribution in [0.25, 0.3) is 33.2 Å². The van der Waals surface area contributed by atoms with Crippen LogP contribution in [-0.4, -0.2) is 108 Å². The molecule has 0 unspecified atom stereocenters. The van der Waals surface area contributed by atoms with E-state index in [0.29, 0.717) is 33.6 Å². The molecule has 4 aromatic carbocycles. The van der Waals surface area contributed by atoms with Gasteiger partial charge in [0, 0.05) is 90.3 Å². The summed E-state index contributed by atoms with van der Waals surface area (Å²) in [6.07, 6.45) is 18.1. The molecule has 0 bridgehead atoms. The molecule has 2 aliphatic carbocycles. The summed E-state index contributed by atoms with van der Waals surface area (Å²) < 4.78 is 34.8. The van der Waals surface area contributed by atoms with Crippen molar-refractivity contribution in [2.45, 2.75) is 85.5 Å². The lowest BCUT2D eigenvalue weighted by atomic mass is 9.72. The van der Waals surface area contributed by atoms with Crippen molar-refractivity contribution in [2.24, 2.45) is 10.8 Å². The van der Waals surface area contributed by atoms with Crippen molar-refractivity contribution in [2.75, 3.05) is 71.5 Å². The Labute approximate surface area is 508 Å². The summed E-state index contributed by atoms with van der Waals surface area (Å²) in [5.41, 5.74) is 12.7. The van der Waals surface area contributed by atoms with Gasteiger partial charge >= 0.3 is 11.9 Å². The molecule has 2 aliphatic heterocycles. The number of rotatable bonds is 13. The highest BCUT2D eigenvalue weighted by Gasteiger charge is 2.31. The van der Waals surface area contributed by atoms with Gasteiger partial charge in [-0.1, -0.05) is 92.7 Å². The molecule has 12 rings (SSSR count). The van der Waals surface area contributed by atoms with Crippen LogP contribution in [0.15, 0.2) is 145 Å². The largest absolute Gasteiger partial charge is 0.465 e. The SMILES string of the molecule is CC1(C)CCC(CN2CCCCC2)=C(c2ccc(Cl)cc2)C1.COC(=O)c1ccc(F)cc1Oc1cnc2[nH]ccc2c1.COC(=O)c1ccc(N2CCN(CC3=C(c4ccc(Cl)cc4)CC(C)(C)CC3)CC2)cc1Oc1cnc2[nH]ccc2c1. The molecular formula is C69H76Cl2FN7O6. The van der Waals surface area contributed by atoms with E-state index in [2.05, 4.69) is 91.3 Å². The number of halogens is 3. The predicted octanol–water partition coefficient (Wildman–Crippen LogP) is 16.7. The number of pyridine rings is 2. The first kappa shape index (κ1) is 60.6. The van der Waals surface area contributed by atoms with Crippen LogP contribution in [0.4, 0.5) is 10.1 Å². The van der Waals surface area contributed by atoms with Gasteiger partial charge in [0.25, 0.3) is 0 Å². The van der Waals surface area contributed by atoms with E-state index in [-0.39, 0.29) is 11.3 Å². The molecule has 0 spiro atoms. The first-order valence-electron chi connectivity index (χ1n) is 29.4. The Kier molecular flexibility index (Phi) is 19.4. The Hall–Kier alpha value is -7.49. The molecule has 4 aliphatic rings. The molecule has 0 radical (unpaired) electrons. The zero-order valence-electron chi connectivity index (χ0n) is 49.5. The van der Waals surface area contributed by atoms with Crippen molar-refractivity contribution in [1.29, 1.82) is 0 Å². The van der Waals surface area contributed by atoms with E-state index in [1.54, 1.807) is 41.2 Å². The first-order chi connectivity index (χ1) is 41.0. The number of piperazine rings is 1. The van der Waals surface area contributed by atoms with Crippen LogP contribution in [0.2, 0.25) is 10.0 Å². The molecule has 6 heterocycles. The third-order valence-corrected chi connectivity index (χ3v) is 17.2. The summed E-state index contributed by atoms with van der Waals surface area (Å²) in [4.78, 5) is 46.4. The molecule has 8 aromatic rings. The van der Waals surface area contributed by atoms with Gasteiger partial charge in [-0.25, -0.2) is 23.9 Å². The third kappa shape index (κ3) is 15.7. The van der Waals surface area contributed by atoms with Crippen molar-refractivity contribution in [3.8, 4) is 23.0 Å². The second-order valence-electron chi connectivity index (χ2n) is 24.1. The molecule has 444 valence electrons. The Morgan fingerprint density at radius 1 is 0.565 bits per heavy atom. The van der Waals surface area contributed by atoms with E-state index >= 15 is 0 Å². The summed E-state index contributed by atoms with van der Waals surface area (Å²) in [5.74, 6) is -0.0291. The minimum atomic E-state index is -0.597. The van der Waals surface area contributed by atoms with Crippen molar-refractivity contribution in [1.82, 2.24) is 29.7 Å². The number of allylic oxidation sites excluding steroid dienone is 2. The number of esters is 2. The number of methoxy groups -OCH3 is 2.